The fraction of sp³-hybridized carbons (Fsp3) is 0.250. The van der Waals surface area contributed by atoms with Crippen LogP contribution in [0.15, 0.2) is 12.1 Å². The number of halogens is 2. The lowest BCUT2D eigenvalue weighted by molar-refractivity contribution is 0.458. The molecule has 0 saturated carbocycles. The highest BCUT2D eigenvalue weighted by atomic mass is 127. The van der Waals surface area contributed by atoms with E-state index in [9.17, 15) is 5.11 Å². The first kappa shape index (κ1) is 11.5. The molecule has 0 fully saturated rings. The smallest absolute Gasteiger partial charge is 0.133 e. The van der Waals surface area contributed by atoms with E-state index in [4.69, 9.17) is 11.5 Å². The number of nitrogens with two attached hydrogens (primary N) is 2. The maximum atomic E-state index is 9.68. The average molecular weight is 404 g/mol. The summed E-state index contributed by atoms with van der Waals surface area (Å²) in [5.74, 6) is 0.249. The number of phenolic OH excluding ortho intramolecular Hbond substituents is 1. The molecule has 0 aliphatic rings. The van der Waals surface area contributed by atoms with Crippen molar-refractivity contribution in [3.63, 3.8) is 0 Å². The van der Waals surface area contributed by atoms with Gasteiger partial charge in [-0.05, 0) is 57.3 Å². The summed E-state index contributed by atoms with van der Waals surface area (Å²) in [7, 11) is 0. The van der Waals surface area contributed by atoms with Crippen molar-refractivity contribution in [2.75, 3.05) is 6.54 Å². The number of benzene rings is 1. The number of aromatic hydroxyl groups is 1. The molecule has 0 heterocycles. The Morgan fingerprint density at radius 2 is 2.00 bits per heavy atom. The van der Waals surface area contributed by atoms with Gasteiger partial charge in [0.25, 0.3) is 0 Å². The quantitative estimate of drug-likeness (QED) is 0.656. The third kappa shape index (κ3) is 2.67. The fourth-order valence-electron chi connectivity index (χ4n) is 0.996. The highest BCUT2D eigenvalue weighted by Gasteiger charge is 2.12. The molecule has 5 heteroatoms. The Kier molecular flexibility index (Phi) is 4.20. The largest absolute Gasteiger partial charge is 0.506 e. The summed E-state index contributed by atoms with van der Waals surface area (Å²) in [5, 5.41) is 9.68. The molecule has 13 heavy (non-hydrogen) atoms. The van der Waals surface area contributed by atoms with E-state index in [1.54, 1.807) is 0 Å². The summed E-state index contributed by atoms with van der Waals surface area (Å²) in [6, 6.07) is 3.46. The molecule has 0 amide bonds. The van der Waals surface area contributed by atoms with E-state index in [0.717, 1.165) is 12.7 Å². The van der Waals surface area contributed by atoms with Crippen LogP contribution in [0.4, 0.5) is 0 Å². The van der Waals surface area contributed by atoms with Crippen LogP contribution in [-0.2, 0) is 0 Å². The van der Waals surface area contributed by atoms with Crippen molar-refractivity contribution >= 4 is 45.2 Å². The average Bonchev–Trinajstić information content (AvgIpc) is 2.10. The normalized spacial score (nSPS) is 12.9. The van der Waals surface area contributed by atoms with Gasteiger partial charge < -0.3 is 16.6 Å². The highest BCUT2D eigenvalue weighted by Crippen LogP contribution is 2.29. The van der Waals surface area contributed by atoms with Crippen LogP contribution >= 0.6 is 45.2 Å². The van der Waals surface area contributed by atoms with Gasteiger partial charge in [-0.15, -0.1) is 0 Å². The van der Waals surface area contributed by atoms with Crippen molar-refractivity contribution < 1.29 is 5.11 Å². The summed E-state index contributed by atoms with van der Waals surface area (Å²) in [4.78, 5) is 0. The molecule has 1 atom stereocenters. The molecule has 0 radical (unpaired) electrons. The zero-order valence-corrected chi connectivity index (χ0v) is 11.1. The van der Waals surface area contributed by atoms with Gasteiger partial charge in [-0.1, -0.05) is 0 Å². The maximum Gasteiger partial charge on any atom is 0.133 e. The lowest BCUT2D eigenvalue weighted by Gasteiger charge is -2.12. The predicted molar refractivity (Wildman–Crippen MR) is 69.5 cm³/mol. The van der Waals surface area contributed by atoms with Crippen LogP contribution in [0.1, 0.15) is 11.6 Å². The number of phenols is 1. The van der Waals surface area contributed by atoms with Gasteiger partial charge >= 0.3 is 0 Å². The van der Waals surface area contributed by atoms with Gasteiger partial charge in [0.05, 0.1) is 3.57 Å². The van der Waals surface area contributed by atoms with Crippen molar-refractivity contribution in [1.29, 1.82) is 0 Å². The first-order chi connectivity index (χ1) is 6.06. The van der Waals surface area contributed by atoms with Crippen LogP contribution < -0.4 is 11.5 Å². The Morgan fingerprint density at radius 3 is 2.54 bits per heavy atom. The summed E-state index contributed by atoms with van der Waals surface area (Å²) >= 11 is 4.26. The SMILES string of the molecule is NCC(N)c1cc(I)cc(I)c1O. The van der Waals surface area contributed by atoms with Crippen molar-refractivity contribution in [3.8, 4) is 5.75 Å². The second-order valence-electron chi connectivity index (χ2n) is 2.67. The molecule has 0 aliphatic heterocycles. The minimum absolute atomic E-state index is 0.249. The van der Waals surface area contributed by atoms with Gasteiger partial charge in [0.1, 0.15) is 5.75 Å². The van der Waals surface area contributed by atoms with Crippen molar-refractivity contribution in [2.45, 2.75) is 6.04 Å². The monoisotopic (exact) mass is 404 g/mol. The van der Waals surface area contributed by atoms with Crippen LogP contribution in [0.5, 0.6) is 5.75 Å². The number of hydrogen-bond acceptors (Lipinski definition) is 3. The molecule has 0 aliphatic carbocycles. The van der Waals surface area contributed by atoms with Gasteiger partial charge in [0.15, 0.2) is 0 Å². The summed E-state index contributed by atoms with van der Waals surface area (Å²) in [6.45, 7) is 0.337. The van der Waals surface area contributed by atoms with Crippen LogP contribution in [0.25, 0.3) is 0 Å². The highest BCUT2D eigenvalue weighted by molar-refractivity contribution is 14.1. The molecule has 3 nitrogen and oxygen atoms in total. The molecular formula is C8H10I2N2O. The first-order valence-electron chi connectivity index (χ1n) is 3.69. The lowest BCUT2D eigenvalue weighted by atomic mass is 10.1. The van der Waals surface area contributed by atoms with Gasteiger partial charge in [0, 0.05) is 21.7 Å². The van der Waals surface area contributed by atoms with E-state index < -0.39 is 0 Å². The Labute approximate surface area is 104 Å². The first-order valence-corrected chi connectivity index (χ1v) is 5.85. The van der Waals surface area contributed by atoms with Gasteiger partial charge in [0.2, 0.25) is 0 Å². The molecule has 72 valence electrons. The zero-order chi connectivity index (χ0) is 10.0. The molecule has 5 N–H and O–H groups in total. The molecule has 0 bridgehead atoms. The Morgan fingerprint density at radius 1 is 1.38 bits per heavy atom. The van der Waals surface area contributed by atoms with Crippen LogP contribution in [0, 0.1) is 7.14 Å². The number of hydrogen-bond donors (Lipinski definition) is 3. The van der Waals surface area contributed by atoms with Gasteiger partial charge in [-0.3, -0.25) is 0 Å². The van der Waals surface area contributed by atoms with Gasteiger partial charge in [-0.2, -0.15) is 0 Å². The predicted octanol–water partition coefficient (Wildman–Crippen LogP) is 1.56. The second-order valence-corrected chi connectivity index (χ2v) is 5.08. The molecule has 0 saturated heterocycles. The Hall–Kier alpha value is 0.400. The molecule has 0 spiro atoms. The fourth-order valence-corrected chi connectivity index (χ4v) is 2.89. The van der Waals surface area contributed by atoms with Crippen LogP contribution in [0.2, 0.25) is 0 Å². The molecule has 1 unspecified atom stereocenters. The third-order valence-corrected chi connectivity index (χ3v) is 3.16. The maximum absolute atomic E-state index is 9.68. The summed E-state index contributed by atoms with van der Waals surface area (Å²) in [5.41, 5.74) is 11.9. The van der Waals surface area contributed by atoms with E-state index in [0.29, 0.717) is 6.54 Å². The lowest BCUT2D eigenvalue weighted by Crippen LogP contribution is -2.21. The van der Waals surface area contributed by atoms with Crippen LogP contribution in [0.3, 0.4) is 0 Å². The summed E-state index contributed by atoms with van der Waals surface area (Å²) < 4.78 is 1.86. The molecule has 1 rings (SSSR count). The topological polar surface area (TPSA) is 72.3 Å². The van der Waals surface area contributed by atoms with E-state index in [-0.39, 0.29) is 11.8 Å². The van der Waals surface area contributed by atoms with Crippen molar-refractivity contribution in [2.24, 2.45) is 11.5 Å². The molecular weight excluding hydrogens is 394 g/mol. The third-order valence-electron chi connectivity index (χ3n) is 1.71. The molecule has 0 aromatic heterocycles. The molecule has 1 aromatic rings. The van der Waals surface area contributed by atoms with E-state index in [2.05, 4.69) is 45.2 Å². The van der Waals surface area contributed by atoms with Crippen molar-refractivity contribution in [3.05, 3.63) is 24.8 Å². The van der Waals surface area contributed by atoms with E-state index in [1.165, 1.54) is 0 Å². The van der Waals surface area contributed by atoms with Gasteiger partial charge in [-0.25, -0.2) is 0 Å². The zero-order valence-electron chi connectivity index (χ0n) is 6.80. The summed E-state index contributed by atoms with van der Waals surface area (Å²) in [6.07, 6.45) is 0. The van der Waals surface area contributed by atoms with Crippen molar-refractivity contribution in [1.82, 2.24) is 0 Å². The Balaban J connectivity index is 3.20. The second kappa shape index (κ2) is 4.76. The minimum atomic E-state index is -0.289. The Bertz CT molecular complexity index is 317. The van der Waals surface area contributed by atoms with Crippen LogP contribution in [-0.4, -0.2) is 11.7 Å². The standard InChI is InChI=1S/C8H10I2N2O/c9-4-1-5(7(12)3-11)8(13)6(10)2-4/h1-2,7,13H,3,11-12H2. The molecule has 1 aromatic carbocycles. The minimum Gasteiger partial charge on any atom is -0.506 e. The van der Waals surface area contributed by atoms with E-state index >= 15 is 0 Å². The number of rotatable bonds is 2. The van der Waals surface area contributed by atoms with E-state index in [1.807, 2.05) is 12.1 Å².